The highest BCUT2D eigenvalue weighted by molar-refractivity contribution is 7.10. The molecule has 80 valence electrons. The van der Waals surface area contributed by atoms with Crippen LogP contribution in [0, 0.1) is 6.92 Å². The van der Waals surface area contributed by atoms with Crippen molar-refractivity contribution in [1.29, 1.82) is 0 Å². The first kappa shape index (κ1) is 11.7. The average Bonchev–Trinajstić information content (AvgIpc) is 2.60. The molecule has 0 aliphatic carbocycles. The average molecular weight is 212 g/mol. The normalized spacial score (nSPS) is 13.1. The predicted molar refractivity (Wildman–Crippen MR) is 63.3 cm³/mol. The van der Waals surface area contributed by atoms with E-state index in [9.17, 15) is 0 Å². The molecule has 0 aliphatic heterocycles. The maximum Gasteiger partial charge on any atom is 0.0468 e. The van der Waals surface area contributed by atoms with Crippen LogP contribution in [0.1, 0.15) is 49.1 Å². The minimum Gasteiger partial charge on any atom is -0.271 e. The van der Waals surface area contributed by atoms with Gasteiger partial charge in [-0.1, -0.05) is 26.2 Å². The Labute approximate surface area is 90.5 Å². The van der Waals surface area contributed by atoms with E-state index in [0.717, 1.165) is 6.42 Å². The molecular formula is C11H20N2S. The molecule has 1 rings (SSSR count). The van der Waals surface area contributed by atoms with Gasteiger partial charge in [0.2, 0.25) is 0 Å². The van der Waals surface area contributed by atoms with Crippen LogP contribution in [0.2, 0.25) is 0 Å². The largest absolute Gasteiger partial charge is 0.271 e. The van der Waals surface area contributed by atoms with Gasteiger partial charge in [-0.2, -0.15) is 0 Å². The molecule has 0 saturated heterocycles. The van der Waals surface area contributed by atoms with E-state index in [0.29, 0.717) is 6.04 Å². The summed E-state index contributed by atoms with van der Waals surface area (Å²) in [5.41, 5.74) is 4.24. The van der Waals surface area contributed by atoms with Gasteiger partial charge >= 0.3 is 0 Å². The third-order valence-electron chi connectivity index (χ3n) is 2.45. The van der Waals surface area contributed by atoms with Crippen molar-refractivity contribution in [3.05, 3.63) is 21.9 Å². The van der Waals surface area contributed by atoms with Crippen LogP contribution in [-0.2, 0) is 0 Å². The van der Waals surface area contributed by atoms with Gasteiger partial charge in [-0.25, -0.2) is 0 Å². The number of hydrazine groups is 1. The van der Waals surface area contributed by atoms with Crippen LogP contribution in [0.5, 0.6) is 0 Å². The molecular weight excluding hydrogens is 192 g/mol. The van der Waals surface area contributed by atoms with E-state index in [1.54, 1.807) is 11.3 Å². The Bertz CT molecular complexity index is 258. The number of aryl methyl sites for hydroxylation is 1. The highest BCUT2D eigenvalue weighted by Crippen LogP contribution is 2.23. The molecule has 0 aromatic carbocycles. The Hall–Kier alpha value is -0.380. The van der Waals surface area contributed by atoms with Crippen molar-refractivity contribution < 1.29 is 0 Å². The van der Waals surface area contributed by atoms with E-state index in [1.165, 1.54) is 29.7 Å². The molecule has 0 radical (unpaired) electrons. The Morgan fingerprint density at radius 1 is 1.50 bits per heavy atom. The van der Waals surface area contributed by atoms with Crippen molar-refractivity contribution in [3.8, 4) is 0 Å². The lowest BCUT2D eigenvalue weighted by atomic mass is 10.0. The van der Waals surface area contributed by atoms with Crippen molar-refractivity contribution in [3.63, 3.8) is 0 Å². The standard InChI is InChI=1S/C11H20N2S/c1-3-4-5-6-11(13-12)10-7-9(2)14-8-10/h7-8,11,13H,3-6,12H2,1-2H3. The monoisotopic (exact) mass is 212 g/mol. The summed E-state index contributed by atoms with van der Waals surface area (Å²) in [6.07, 6.45) is 4.95. The summed E-state index contributed by atoms with van der Waals surface area (Å²) in [7, 11) is 0. The summed E-state index contributed by atoms with van der Waals surface area (Å²) in [5.74, 6) is 5.55. The summed E-state index contributed by atoms with van der Waals surface area (Å²) < 4.78 is 0. The summed E-state index contributed by atoms with van der Waals surface area (Å²) in [6, 6.07) is 2.56. The van der Waals surface area contributed by atoms with Crippen molar-refractivity contribution in [2.45, 2.75) is 45.6 Å². The molecule has 0 saturated carbocycles. The molecule has 0 spiro atoms. The second-order valence-electron chi connectivity index (χ2n) is 3.71. The predicted octanol–water partition coefficient (Wildman–Crippen LogP) is 3.14. The SMILES string of the molecule is CCCCCC(NN)c1csc(C)c1. The first-order valence-electron chi connectivity index (χ1n) is 5.29. The fraction of sp³-hybridized carbons (Fsp3) is 0.636. The lowest BCUT2D eigenvalue weighted by Crippen LogP contribution is -2.27. The summed E-state index contributed by atoms with van der Waals surface area (Å²) in [5, 5.41) is 2.20. The number of rotatable bonds is 6. The molecule has 1 aromatic rings. The zero-order valence-corrected chi connectivity index (χ0v) is 9.86. The second-order valence-corrected chi connectivity index (χ2v) is 4.82. The number of hydrogen-bond acceptors (Lipinski definition) is 3. The van der Waals surface area contributed by atoms with E-state index in [4.69, 9.17) is 5.84 Å². The van der Waals surface area contributed by atoms with Crippen molar-refractivity contribution in [1.82, 2.24) is 5.43 Å². The van der Waals surface area contributed by atoms with Crippen LogP contribution in [0.25, 0.3) is 0 Å². The van der Waals surface area contributed by atoms with E-state index in [-0.39, 0.29) is 0 Å². The molecule has 3 N–H and O–H groups in total. The Balaban J connectivity index is 2.45. The number of nitrogens with two attached hydrogens (primary N) is 1. The lowest BCUT2D eigenvalue weighted by Gasteiger charge is -2.13. The van der Waals surface area contributed by atoms with Gasteiger partial charge in [-0.05, 0) is 30.4 Å². The van der Waals surface area contributed by atoms with Crippen molar-refractivity contribution >= 4 is 11.3 Å². The van der Waals surface area contributed by atoms with E-state index in [2.05, 4.69) is 30.7 Å². The Kier molecular flexibility index (Phi) is 5.15. The van der Waals surface area contributed by atoms with E-state index in [1.807, 2.05) is 0 Å². The highest BCUT2D eigenvalue weighted by atomic mass is 32.1. The third kappa shape index (κ3) is 3.40. The Morgan fingerprint density at radius 3 is 2.79 bits per heavy atom. The minimum absolute atomic E-state index is 0.339. The molecule has 0 aliphatic rings. The van der Waals surface area contributed by atoms with Gasteiger partial charge < -0.3 is 0 Å². The molecule has 0 fully saturated rings. The fourth-order valence-corrected chi connectivity index (χ4v) is 2.35. The molecule has 1 atom stereocenters. The number of thiophene rings is 1. The van der Waals surface area contributed by atoms with E-state index < -0.39 is 0 Å². The van der Waals surface area contributed by atoms with E-state index >= 15 is 0 Å². The van der Waals surface area contributed by atoms with Gasteiger partial charge in [0.15, 0.2) is 0 Å². The van der Waals surface area contributed by atoms with Gasteiger partial charge in [0.05, 0.1) is 0 Å². The number of nitrogens with one attached hydrogen (secondary N) is 1. The highest BCUT2D eigenvalue weighted by Gasteiger charge is 2.09. The molecule has 0 bridgehead atoms. The lowest BCUT2D eigenvalue weighted by molar-refractivity contribution is 0.488. The van der Waals surface area contributed by atoms with Crippen LogP contribution in [0.15, 0.2) is 11.4 Å². The summed E-state index contributed by atoms with van der Waals surface area (Å²) in [6.45, 7) is 4.35. The summed E-state index contributed by atoms with van der Waals surface area (Å²) >= 11 is 1.79. The molecule has 1 unspecified atom stereocenters. The molecule has 14 heavy (non-hydrogen) atoms. The van der Waals surface area contributed by atoms with Gasteiger partial charge in [-0.15, -0.1) is 11.3 Å². The zero-order valence-electron chi connectivity index (χ0n) is 9.05. The van der Waals surface area contributed by atoms with Gasteiger partial charge in [0.25, 0.3) is 0 Å². The van der Waals surface area contributed by atoms with Gasteiger partial charge in [0, 0.05) is 10.9 Å². The van der Waals surface area contributed by atoms with Crippen LogP contribution < -0.4 is 11.3 Å². The maximum atomic E-state index is 5.55. The van der Waals surface area contributed by atoms with Crippen LogP contribution in [0.4, 0.5) is 0 Å². The topological polar surface area (TPSA) is 38.0 Å². The quantitative estimate of drug-likeness (QED) is 0.432. The molecule has 2 nitrogen and oxygen atoms in total. The summed E-state index contributed by atoms with van der Waals surface area (Å²) in [4.78, 5) is 1.36. The molecule has 0 amide bonds. The first-order chi connectivity index (χ1) is 6.77. The van der Waals surface area contributed by atoms with Gasteiger partial charge in [0.1, 0.15) is 0 Å². The van der Waals surface area contributed by atoms with Crippen molar-refractivity contribution in [2.75, 3.05) is 0 Å². The van der Waals surface area contributed by atoms with Crippen LogP contribution >= 0.6 is 11.3 Å². The zero-order chi connectivity index (χ0) is 10.4. The second kappa shape index (κ2) is 6.17. The number of unbranched alkanes of at least 4 members (excludes halogenated alkanes) is 2. The van der Waals surface area contributed by atoms with Crippen LogP contribution in [-0.4, -0.2) is 0 Å². The molecule has 3 heteroatoms. The minimum atomic E-state index is 0.339. The van der Waals surface area contributed by atoms with Crippen molar-refractivity contribution in [2.24, 2.45) is 5.84 Å². The van der Waals surface area contributed by atoms with Gasteiger partial charge in [-0.3, -0.25) is 11.3 Å². The maximum absolute atomic E-state index is 5.55. The van der Waals surface area contributed by atoms with Crippen LogP contribution in [0.3, 0.4) is 0 Å². The number of hydrogen-bond donors (Lipinski definition) is 2. The first-order valence-corrected chi connectivity index (χ1v) is 6.17. The smallest absolute Gasteiger partial charge is 0.0468 e. The fourth-order valence-electron chi connectivity index (χ4n) is 1.59. The molecule has 1 heterocycles. The third-order valence-corrected chi connectivity index (χ3v) is 3.33. The molecule has 1 aromatic heterocycles. The Morgan fingerprint density at radius 2 is 2.29 bits per heavy atom.